The smallest absolute Gasteiger partial charge is 0.325 e. The van der Waals surface area contributed by atoms with Crippen LogP contribution in [-0.4, -0.2) is 161 Å². The van der Waals surface area contributed by atoms with Gasteiger partial charge in [0.25, 0.3) is 0 Å². The summed E-state index contributed by atoms with van der Waals surface area (Å²) >= 11 is 4.04. The molecule has 1 fully saturated rings. The minimum absolute atomic E-state index is 0.0710. The first-order valence-electron chi connectivity index (χ1n) is 19.1. The van der Waals surface area contributed by atoms with E-state index in [2.05, 4.69) is 39.2 Å². The molecule has 1 rings (SSSR count). The van der Waals surface area contributed by atoms with Crippen molar-refractivity contribution in [2.75, 3.05) is 78.2 Å². The van der Waals surface area contributed by atoms with Gasteiger partial charge in [0.1, 0.15) is 37.3 Å². The Labute approximate surface area is 339 Å². The highest BCUT2D eigenvalue weighted by Gasteiger charge is 2.40. The fourth-order valence-electron chi connectivity index (χ4n) is 5.40. The van der Waals surface area contributed by atoms with E-state index >= 15 is 0 Å². The van der Waals surface area contributed by atoms with Gasteiger partial charge in [0.05, 0.1) is 58.6 Å². The van der Waals surface area contributed by atoms with Gasteiger partial charge in [-0.25, -0.2) is 0 Å². The SMILES string of the molecule is CC[C@H](C)[C@H](NC(=O)[C@@H](N)CS)C(=O)N1CCC[C@H]1C(=O)NCC(=O)N[C@@H](CC(N)=O)C(=O)N[C@H](C(=O)NCC(=O)OCCOCCOCCOCCN)C(C)C. The molecule has 326 valence electrons. The molecule has 11 N–H and O–H groups in total. The topological polar surface area (TPSA) is 315 Å². The van der Waals surface area contributed by atoms with Gasteiger partial charge in [-0.1, -0.05) is 34.1 Å². The second kappa shape index (κ2) is 28.3. The van der Waals surface area contributed by atoms with Crippen LogP contribution in [-0.2, 0) is 57.3 Å². The number of likely N-dealkylation sites (tertiary alicyclic amines) is 1. The summed E-state index contributed by atoms with van der Waals surface area (Å²) in [6.07, 6.45) is 0.722. The summed E-state index contributed by atoms with van der Waals surface area (Å²) in [4.78, 5) is 104. The molecule has 1 saturated heterocycles. The number of nitrogens with one attached hydrogen (secondary N) is 5. The summed E-state index contributed by atoms with van der Waals surface area (Å²) in [5, 5.41) is 12.4. The van der Waals surface area contributed by atoms with Gasteiger partial charge in [0.2, 0.25) is 41.4 Å². The van der Waals surface area contributed by atoms with Gasteiger partial charge in [-0.05, 0) is 24.7 Å². The molecular weight excluding hydrogens is 771 g/mol. The molecule has 7 amide bonds. The molecule has 6 atom stereocenters. The summed E-state index contributed by atoms with van der Waals surface area (Å²) in [6, 6.07) is -5.51. The molecule has 0 aromatic rings. The number of nitrogens with zero attached hydrogens (tertiary/aromatic N) is 1. The van der Waals surface area contributed by atoms with E-state index in [1.807, 2.05) is 6.92 Å². The molecule has 0 aliphatic carbocycles. The quantitative estimate of drug-likeness (QED) is 0.0198. The average Bonchev–Trinajstić information content (AvgIpc) is 3.68. The van der Waals surface area contributed by atoms with E-state index in [0.717, 1.165) is 0 Å². The van der Waals surface area contributed by atoms with Crippen LogP contribution in [0.15, 0.2) is 0 Å². The number of rotatable bonds is 29. The molecule has 1 heterocycles. The highest BCUT2D eigenvalue weighted by Crippen LogP contribution is 2.21. The lowest BCUT2D eigenvalue weighted by Crippen LogP contribution is -2.58. The fourth-order valence-corrected chi connectivity index (χ4v) is 5.56. The molecule has 1 aliphatic rings. The number of primary amides is 1. The fraction of sp³-hybridized carbons (Fsp3) is 0.771. The van der Waals surface area contributed by atoms with Gasteiger partial charge in [-0.3, -0.25) is 38.4 Å². The van der Waals surface area contributed by atoms with Crippen molar-refractivity contribution >= 4 is 59.9 Å². The number of hydrogen-bond donors (Lipinski definition) is 9. The lowest BCUT2D eigenvalue weighted by Gasteiger charge is -2.31. The number of hydrogen-bond acceptors (Lipinski definition) is 15. The Hall–Kier alpha value is -4.09. The van der Waals surface area contributed by atoms with Crippen LogP contribution in [0, 0.1) is 11.8 Å². The minimum Gasteiger partial charge on any atom is -0.462 e. The van der Waals surface area contributed by atoms with E-state index in [1.54, 1.807) is 20.8 Å². The van der Waals surface area contributed by atoms with Crippen molar-refractivity contribution < 1.29 is 57.3 Å². The lowest BCUT2D eigenvalue weighted by atomic mass is 9.97. The predicted octanol–water partition coefficient (Wildman–Crippen LogP) is -3.95. The van der Waals surface area contributed by atoms with Gasteiger partial charge < -0.3 is 67.6 Å². The number of nitrogens with two attached hydrogens (primary N) is 3. The third-order valence-corrected chi connectivity index (χ3v) is 9.17. The zero-order valence-corrected chi connectivity index (χ0v) is 34.3. The number of carbonyl (C=O) groups is 8. The van der Waals surface area contributed by atoms with Gasteiger partial charge in [-0.15, -0.1) is 0 Å². The van der Waals surface area contributed by atoms with Crippen LogP contribution in [0.5, 0.6) is 0 Å². The molecule has 0 unspecified atom stereocenters. The molecule has 0 aromatic heterocycles. The van der Waals surface area contributed by atoms with Gasteiger partial charge in [0, 0.05) is 18.8 Å². The van der Waals surface area contributed by atoms with Crippen LogP contribution in [0.2, 0.25) is 0 Å². The molecule has 0 spiro atoms. The van der Waals surface area contributed by atoms with Crippen LogP contribution in [0.25, 0.3) is 0 Å². The molecular formula is C35H63N9O12S. The molecule has 0 radical (unpaired) electrons. The van der Waals surface area contributed by atoms with Crippen molar-refractivity contribution in [2.45, 2.75) is 83.6 Å². The maximum Gasteiger partial charge on any atom is 0.325 e. The number of amides is 7. The highest BCUT2D eigenvalue weighted by molar-refractivity contribution is 7.80. The lowest BCUT2D eigenvalue weighted by molar-refractivity contribution is -0.146. The molecule has 1 aliphatic heterocycles. The van der Waals surface area contributed by atoms with Crippen molar-refractivity contribution in [2.24, 2.45) is 29.0 Å². The Morgan fingerprint density at radius 3 is 1.95 bits per heavy atom. The predicted molar refractivity (Wildman–Crippen MR) is 209 cm³/mol. The van der Waals surface area contributed by atoms with Crippen molar-refractivity contribution in [1.82, 2.24) is 31.5 Å². The van der Waals surface area contributed by atoms with Gasteiger partial charge >= 0.3 is 5.97 Å². The Morgan fingerprint density at radius 1 is 0.789 bits per heavy atom. The minimum atomic E-state index is -1.52. The Kier molecular flexibility index (Phi) is 25.3. The van der Waals surface area contributed by atoms with Crippen molar-refractivity contribution in [3.63, 3.8) is 0 Å². The van der Waals surface area contributed by atoms with E-state index in [0.29, 0.717) is 52.2 Å². The van der Waals surface area contributed by atoms with Crippen LogP contribution in [0.1, 0.15) is 53.4 Å². The second-order valence-corrected chi connectivity index (χ2v) is 14.0. The standard InChI is InChI=1S/C35H63N9O12S/c1-5-22(4)30(43-31(48)23(37)20-57)35(52)44-9-6-7-25(44)33(50)39-18-27(46)41-24(17-26(38)45)32(49)42-29(21(2)3)34(51)40-19-28(47)56-16-15-55-14-13-54-12-11-53-10-8-36/h21-25,29-30,57H,5-20,36-37H2,1-4H3,(H2,38,45)(H,39,50)(H,40,51)(H,41,46)(H,42,49)(H,43,48)/t22-,23-,24-,25-,29-,30-/m0/s1. The molecule has 0 aromatic carbocycles. The van der Waals surface area contributed by atoms with E-state index in [1.165, 1.54) is 4.90 Å². The zero-order valence-electron chi connectivity index (χ0n) is 33.4. The Bertz CT molecular complexity index is 1330. The first kappa shape index (κ1) is 50.9. The normalized spacial score (nSPS) is 16.4. The first-order valence-corrected chi connectivity index (χ1v) is 19.7. The van der Waals surface area contributed by atoms with Crippen LogP contribution >= 0.6 is 12.6 Å². The van der Waals surface area contributed by atoms with E-state index < -0.39 is 103 Å². The maximum atomic E-state index is 13.6. The van der Waals surface area contributed by atoms with Crippen molar-refractivity contribution in [1.29, 1.82) is 0 Å². The first-order chi connectivity index (χ1) is 27.1. The summed E-state index contributed by atoms with van der Waals surface area (Å²) in [5.74, 6) is -6.55. The van der Waals surface area contributed by atoms with E-state index in [4.69, 9.17) is 36.1 Å². The average molecular weight is 834 g/mol. The summed E-state index contributed by atoms with van der Waals surface area (Å²) < 4.78 is 20.8. The zero-order chi connectivity index (χ0) is 42.9. The molecule has 0 saturated carbocycles. The van der Waals surface area contributed by atoms with Crippen molar-refractivity contribution in [3.8, 4) is 0 Å². The number of ether oxygens (including phenoxy) is 4. The molecule has 57 heavy (non-hydrogen) atoms. The second-order valence-electron chi connectivity index (χ2n) is 13.7. The van der Waals surface area contributed by atoms with Crippen LogP contribution < -0.4 is 43.8 Å². The van der Waals surface area contributed by atoms with Crippen LogP contribution in [0.4, 0.5) is 0 Å². The number of carbonyl (C=O) groups excluding carboxylic acids is 8. The number of esters is 1. The Balaban J connectivity index is 2.69. The monoisotopic (exact) mass is 833 g/mol. The molecule has 21 nitrogen and oxygen atoms in total. The van der Waals surface area contributed by atoms with E-state index in [-0.39, 0.29) is 38.0 Å². The Morgan fingerprint density at radius 2 is 1.39 bits per heavy atom. The largest absolute Gasteiger partial charge is 0.462 e. The maximum absolute atomic E-state index is 13.6. The van der Waals surface area contributed by atoms with Gasteiger partial charge in [0.15, 0.2) is 0 Å². The van der Waals surface area contributed by atoms with Gasteiger partial charge in [-0.2, -0.15) is 12.6 Å². The third kappa shape index (κ3) is 19.8. The third-order valence-electron chi connectivity index (χ3n) is 8.78. The van der Waals surface area contributed by atoms with E-state index in [9.17, 15) is 38.4 Å². The summed E-state index contributed by atoms with van der Waals surface area (Å²) in [6.45, 7) is 8.31. The molecule has 0 bridgehead atoms. The number of thiol groups is 1. The van der Waals surface area contributed by atoms with Crippen LogP contribution in [0.3, 0.4) is 0 Å². The summed E-state index contributed by atoms with van der Waals surface area (Å²) in [7, 11) is 0. The summed E-state index contributed by atoms with van der Waals surface area (Å²) in [5.41, 5.74) is 16.4. The van der Waals surface area contributed by atoms with Crippen molar-refractivity contribution in [3.05, 3.63) is 0 Å². The molecule has 22 heteroatoms. The highest BCUT2D eigenvalue weighted by atomic mass is 32.1.